The number of hydrogen-bond acceptors (Lipinski definition) is 3. The van der Waals surface area contributed by atoms with Crippen LogP contribution in [0.1, 0.15) is 27.2 Å². The second-order valence-electron chi connectivity index (χ2n) is 4.81. The van der Waals surface area contributed by atoms with Gasteiger partial charge < -0.3 is 10.4 Å². The van der Waals surface area contributed by atoms with E-state index < -0.39 is 5.97 Å². The Hall–Kier alpha value is -0.610. The lowest BCUT2D eigenvalue weighted by Gasteiger charge is -2.33. The molecule has 0 aromatic carbocycles. The maximum absolute atomic E-state index is 10.8. The molecular weight excluding hydrogens is 192 g/mol. The third kappa shape index (κ3) is 3.80. The maximum Gasteiger partial charge on any atom is 0.304 e. The fourth-order valence-corrected chi connectivity index (χ4v) is 2.21. The topological polar surface area (TPSA) is 52.6 Å². The van der Waals surface area contributed by atoms with E-state index in [1.807, 2.05) is 0 Å². The van der Waals surface area contributed by atoms with E-state index in [-0.39, 0.29) is 12.5 Å². The zero-order valence-electron chi connectivity index (χ0n) is 9.86. The van der Waals surface area contributed by atoms with Crippen molar-refractivity contribution < 1.29 is 9.90 Å². The lowest BCUT2D eigenvalue weighted by atomic mass is 10.1. The van der Waals surface area contributed by atoms with E-state index in [0.29, 0.717) is 12.0 Å². The summed E-state index contributed by atoms with van der Waals surface area (Å²) in [6.45, 7) is 9.22. The first-order valence-electron chi connectivity index (χ1n) is 5.69. The molecule has 0 aromatic heterocycles. The Morgan fingerprint density at radius 2 is 2.20 bits per heavy atom. The van der Waals surface area contributed by atoms with Crippen LogP contribution in [0.25, 0.3) is 0 Å². The van der Waals surface area contributed by atoms with Crippen LogP contribution in [0, 0.1) is 5.92 Å². The molecule has 88 valence electrons. The van der Waals surface area contributed by atoms with Gasteiger partial charge in [-0.05, 0) is 26.3 Å². The summed E-state index contributed by atoms with van der Waals surface area (Å²) >= 11 is 0. The highest BCUT2D eigenvalue weighted by Crippen LogP contribution is 2.14. The van der Waals surface area contributed by atoms with Crippen LogP contribution in [0.15, 0.2) is 0 Å². The molecule has 1 aliphatic heterocycles. The summed E-state index contributed by atoms with van der Waals surface area (Å²) in [5, 5.41) is 12.2. The summed E-state index contributed by atoms with van der Waals surface area (Å²) in [6, 6.07) is 0.546. The molecule has 1 heterocycles. The van der Waals surface area contributed by atoms with Gasteiger partial charge in [0.25, 0.3) is 0 Å². The number of aliphatic carboxylic acids is 1. The van der Waals surface area contributed by atoms with E-state index in [1.54, 1.807) is 0 Å². The molecule has 0 aromatic rings. The highest BCUT2D eigenvalue weighted by Gasteiger charge is 2.27. The van der Waals surface area contributed by atoms with Crippen molar-refractivity contribution in [3.8, 4) is 0 Å². The number of rotatable bonds is 3. The van der Waals surface area contributed by atoms with Gasteiger partial charge in [-0.2, -0.15) is 0 Å². The highest BCUT2D eigenvalue weighted by molar-refractivity contribution is 5.67. The molecule has 2 atom stereocenters. The number of nitrogens with zero attached hydrogens (tertiary/aromatic N) is 1. The Kier molecular flexibility index (Phi) is 4.54. The molecule has 0 radical (unpaired) electrons. The van der Waals surface area contributed by atoms with Gasteiger partial charge in [0, 0.05) is 25.2 Å². The Morgan fingerprint density at radius 3 is 2.73 bits per heavy atom. The van der Waals surface area contributed by atoms with E-state index in [4.69, 9.17) is 5.11 Å². The first-order valence-corrected chi connectivity index (χ1v) is 5.69. The summed E-state index contributed by atoms with van der Waals surface area (Å²) in [7, 11) is 0. The van der Waals surface area contributed by atoms with E-state index in [9.17, 15) is 4.79 Å². The second kappa shape index (κ2) is 5.47. The van der Waals surface area contributed by atoms with Crippen LogP contribution in [0.3, 0.4) is 0 Å². The zero-order valence-corrected chi connectivity index (χ0v) is 9.86. The fraction of sp³-hybridized carbons (Fsp3) is 0.909. The lowest BCUT2D eigenvalue weighted by Crippen LogP contribution is -2.45. The van der Waals surface area contributed by atoms with E-state index in [1.165, 1.54) is 0 Å². The molecule has 0 aliphatic carbocycles. The average Bonchev–Trinajstić information content (AvgIpc) is 2.27. The van der Waals surface area contributed by atoms with Crippen LogP contribution in [-0.2, 0) is 4.79 Å². The molecule has 2 unspecified atom stereocenters. The molecule has 0 amide bonds. The molecular formula is C11H22N2O2. The van der Waals surface area contributed by atoms with E-state index >= 15 is 0 Å². The Morgan fingerprint density at radius 1 is 1.53 bits per heavy atom. The van der Waals surface area contributed by atoms with Gasteiger partial charge in [-0.1, -0.05) is 6.92 Å². The molecule has 4 nitrogen and oxygen atoms in total. The molecule has 1 rings (SSSR count). The average molecular weight is 214 g/mol. The van der Waals surface area contributed by atoms with Crippen molar-refractivity contribution in [2.45, 2.75) is 39.3 Å². The second-order valence-corrected chi connectivity index (χ2v) is 4.81. The van der Waals surface area contributed by atoms with E-state index in [2.05, 4.69) is 31.0 Å². The predicted molar refractivity (Wildman–Crippen MR) is 59.9 cm³/mol. The molecule has 0 saturated carbocycles. The van der Waals surface area contributed by atoms with E-state index in [0.717, 1.165) is 19.6 Å². The van der Waals surface area contributed by atoms with Crippen molar-refractivity contribution in [1.82, 2.24) is 10.2 Å². The highest BCUT2D eigenvalue weighted by atomic mass is 16.4. The van der Waals surface area contributed by atoms with Crippen LogP contribution in [-0.4, -0.2) is 47.7 Å². The normalized spacial score (nSPS) is 29.1. The van der Waals surface area contributed by atoms with Crippen molar-refractivity contribution in [2.24, 2.45) is 5.92 Å². The van der Waals surface area contributed by atoms with Gasteiger partial charge in [0.1, 0.15) is 0 Å². The smallest absolute Gasteiger partial charge is 0.304 e. The fourth-order valence-electron chi connectivity index (χ4n) is 2.21. The predicted octanol–water partition coefficient (Wildman–Crippen LogP) is 0.779. The Balaban J connectivity index is 2.66. The number of nitrogens with one attached hydrogen (secondary N) is 1. The first kappa shape index (κ1) is 12.5. The van der Waals surface area contributed by atoms with Crippen molar-refractivity contribution in [3.63, 3.8) is 0 Å². The molecule has 1 fully saturated rings. The minimum absolute atomic E-state index is 0.132. The number of hydrogen-bond donors (Lipinski definition) is 2. The van der Waals surface area contributed by atoms with Crippen LogP contribution in [0.2, 0.25) is 0 Å². The Bertz CT molecular complexity index is 219. The molecule has 2 N–H and O–H groups in total. The third-order valence-corrected chi connectivity index (χ3v) is 2.94. The SMILES string of the molecule is CC1CNCC(CC(=O)O)N(C(C)C)C1. The van der Waals surface area contributed by atoms with Crippen molar-refractivity contribution in [2.75, 3.05) is 19.6 Å². The van der Waals surface area contributed by atoms with Crippen LogP contribution in [0.5, 0.6) is 0 Å². The number of carboxylic acids is 1. The van der Waals surface area contributed by atoms with Crippen LogP contribution >= 0.6 is 0 Å². The molecule has 1 saturated heterocycles. The van der Waals surface area contributed by atoms with Crippen molar-refractivity contribution in [3.05, 3.63) is 0 Å². The van der Waals surface area contributed by atoms with Gasteiger partial charge in [-0.25, -0.2) is 0 Å². The van der Waals surface area contributed by atoms with Crippen molar-refractivity contribution in [1.29, 1.82) is 0 Å². The summed E-state index contributed by atoms with van der Waals surface area (Å²) in [5.74, 6) is -0.117. The standard InChI is InChI=1S/C11H22N2O2/c1-8(2)13-7-9(3)5-12-6-10(13)4-11(14)15/h8-10,12H,4-7H2,1-3H3,(H,14,15). The van der Waals surface area contributed by atoms with Gasteiger partial charge in [0.05, 0.1) is 6.42 Å². The van der Waals surface area contributed by atoms with Gasteiger partial charge in [0.15, 0.2) is 0 Å². The lowest BCUT2D eigenvalue weighted by molar-refractivity contribution is -0.138. The van der Waals surface area contributed by atoms with Gasteiger partial charge in [-0.15, -0.1) is 0 Å². The molecule has 0 bridgehead atoms. The summed E-state index contributed by atoms with van der Waals surface area (Å²) in [4.78, 5) is 13.1. The minimum atomic E-state index is -0.706. The largest absolute Gasteiger partial charge is 0.481 e. The molecule has 4 heteroatoms. The number of carboxylic acid groups (broad SMARTS) is 1. The maximum atomic E-state index is 10.8. The summed E-state index contributed by atoms with van der Waals surface area (Å²) in [5.41, 5.74) is 0. The van der Waals surface area contributed by atoms with Gasteiger partial charge in [-0.3, -0.25) is 9.69 Å². The monoisotopic (exact) mass is 214 g/mol. The number of carbonyl (C=O) groups is 1. The van der Waals surface area contributed by atoms with Gasteiger partial charge in [0.2, 0.25) is 0 Å². The quantitative estimate of drug-likeness (QED) is 0.729. The van der Waals surface area contributed by atoms with Crippen LogP contribution in [0.4, 0.5) is 0 Å². The van der Waals surface area contributed by atoms with Gasteiger partial charge >= 0.3 is 5.97 Å². The summed E-state index contributed by atoms with van der Waals surface area (Å²) < 4.78 is 0. The third-order valence-electron chi connectivity index (χ3n) is 2.94. The van der Waals surface area contributed by atoms with Crippen LogP contribution < -0.4 is 5.32 Å². The first-order chi connectivity index (χ1) is 7.00. The molecule has 0 spiro atoms. The zero-order chi connectivity index (χ0) is 11.4. The molecule has 15 heavy (non-hydrogen) atoms. The molecule has 1 aliphatic rings. The minimum Gasteiger partial charge on any atom is -0.481 e. The van der Waals surface area contributed by atoms with Crippen molar-refractivity contribution >= 4 is 5.97 Å². The Labute approximate surface area is 91.6 Å². The summed E-state index contributed by atoms with van der Waals surface area (Å²) in [6.07, 6.45) is 0.234.